The lowest BCUT2D eigenvalue weighted by atomic mass is 9.96. The Morgan fingerprint density at radius 3 is 2.50 bits per heavy atom. The van der Waals surface area contributed by atoms with Gasteiger partial charge < -0.3 is 4.74 Å². The van der Waals surface area contributed by atoms with Crippen LogP contribution in [0, 0.1) is 0 Å². The van der Waals surface area contributed by atoms with Gasteiger partial charge in [0, 0.05) is 26.7 Å². The summed E-state index contributed by atoms with van der Waals surface area (Å²) in [6, 6.07) is 12.8. The van der Waals surface area contributed by atoms with Gasteiger partial charge in [-0.05, 0) is 24.6 Å². The van der Waals surface area contributed by atoms with Crippen LogP contribution in [0.15, 0.2) is 42.5 Å². The predicted molar refractivity (Wildman–Crippen MR) is 90.0 cm³/mol. The van der Waals surface area contributed by atoms with Gasteiger partial charge in [-0.2, -0.15) is 0 Å². The van der Waals surface area contributed by atoms with Crippen LogP contribution in [0.3, 0.4) is 0 Å². The van der Waals surface area contributed by atoms with Gasteiger partial charge in [0.1, 0.15) is 5.76 Å². The number of carbonyl (C=O) groups excluding carboxylic acids is 1. The molecule has 4 heteroatoms. The summed E-state index contributed by atoms with van der Waals surface area (Å²) >= 11 is 12.3. The Morgan fingerprint density at radius 1 is 1.09 bits per heavy atom. The quantitative estimate of drug-likeness (QED) is 0.660. The molecule has 112 valence electrons. The van der Waals surface area contributed by atoms with Gasteiger partial charge in [0.15, 0.2) is 0 Å². The third-order valence-electron chi connectivity index (χ3n) is 3.62. The molecule has 1 aliphatic heterocycles. The molecule has 0 saturated carbocycles. The average molecular weight is 333 g/mol. The maximum atomic E-state index is 12.0. The van der Waals surface area contributed by atoms with E-state index in [4.69, 9.17) is 27.9 Å². The zero-order valence-electron chi connectivity index (χ0n) is 12.0. The zero-order chi connectivity index (χ0) is 15.7. The number of esters is 1. The molecular weight excluding hydrogens is 319 g/mol. The van der Waals surface area contributed by atoms with Gasteiger partial charge in [-0.25, -0.2) is 4.79 Å². The Bertz CT molecular complexity index is 778. The van der Waals surface area contributed by atoms with Crippen molar-refractivity contribution < 1.29 is 9.53 Å². The smallest absolute Gasteiger partial charge is 0.344 e. The van der Waals surface area contributed by atoms with E-state index in [-0.39, 0.29) is 5.97 Å². The van der Waals surface area contributed by atoms with Crippen LogP contribution >= 0.6 is 23.2 Å². The first-order valence-electron chi connectivity index (χ1n) is 7.12. The summed E-state index contributed by atoms with van der Waals surface area (Å²) in [5.74, 6) is 0.288. The molecule has 0 radical (unpaired) electrons. The summed E-state index contributed by atoms with van der Waals surface area (Å²) < 4.78 is 5.54. The van der Waals surface area contributed by atoms with Gasteiger partial charge in [-0.3, -0.25) is 0 Å². The van der Waals surface area contributed by atoms with Crippen molar-refractivity contribution in [3.63, 3.8) is 0 Å². The molecule has 0 spiro atoms. The van der Waals surface area contributed by atoms with Crippen LogP contribution in [0.4, 0.5) is 0 Å². The number of hydrogen-bond acceptors (Lipinski definition) is 2. The molecule has 0 atom stereocenters. The topological polar surface area (TPSA) is 26.3 Å². The van der Waals surface area contributed by atoms with Crippen molar-refractivity contribution in [2.24, 2.45) is 0 Å². The first-order chi connectivity index (χ1) is 10.6. The predicted octanol–water partition coefficient (Wildman–Crippen LogP) is 5.83. The maximum absolute atomic E-state index is 12.0. The van der Waals surface area contributed by atoms with E-state index in [2.05, 4.69) is 6.92 Å². The van der Waals surface area contributed by atoms with E-state index in [0.717, 1.165) is 29.5 Å². The van der Waals surface area contributed by atoms with Crippen molar-refractivity contribution in [2.45, 2.75) is 19.8 Å². The molecular formula is C18H14Cl2O2. The maximum Gasteiger partial charge on any atom is 0.344 e. The molecule has 1 heterocycles. The molecule has 2 aromatic rings. The zero-order valence-corrected chi connectivity index (χ0v) is 13.5. The molecule has 3 rings (SSSR count). The number of allylic oxidation sites excluding steroid dienone is 1. The fourth-order valence-corrected chi connectivity index (χ4v) is 3.16. The number of ether oxygens (including phenoxy) is 1. The molecule has 0 bridgehead atoms. The Kier molecular flexibility index (Phi) is 4.23. The van der Waals surface area contributed by atoms with Crippen molar-refractivity contribution in [1.29, 1.82) is 0 Å². The molecule has 2 nitrogen and oxygen atoms in total. The average Bonchev–Trinajstić information content (AvgIpc) is 2.83. The van der Waals surface area contributed by atoms with Crippen LogP contribution in [0.25, 0.3) is 11.3 Å². The third kappa shape index (κ3) is 2.65. The lowest BCUT2D eigenvalue weighted by Crippen LogP contribution is -1.95. The first-order valence-corrected chi connectivity index (χ1v) is 7.87. The minimum absolute atomic E-state index is 0.315. The summed E-state index contributed by atoms with van der Waals surface area (Å²) in [6.45, 7) is 2.08. The molecule has 0 aliphatic carbocycles. The van der Waals surface area contributed by atoms with Gasteiger partial charge >= 0.3 is 5.97 Å². The van der Waals surface area contributed by atoms with Crippen molar-refractivity contribution >= 4 is 40.5 Å². The Balaban J connectivity index is 2.22. The molecule has 0 fully saturated rings. The number of benzene rings is 2. The number of cyclic esters (lactones) is 1. The number of hydrogen-bond donors (Lipinski definition) is 0. The fraction of sp³-hybridized carbons (Fsp3) is 0.167. The molecule has 0 saturated heterocycles. The van der Waals surface area contributed by atoms with Gasteiger partial charge in [-0.1, -0.05) is 60.8 Å². The monoisotopic (exact) mass is 332 g/mol. The van der Waals surface area contributed by atoms with Crippen molar-refractivity contribution in [3.8, 4) is 0 Å². The molecule has 1 aliphatic rings. The van der Waals surface area contributed by atoms with E-state index in [1.807, 2.05) is 24.3 Å². The summed E-state index contributed by atoms with van der Waals surface area (Å²) in [7, 11) is 0. The van der Waals surface area contributed by atoms with E-state index in [1.165, 1.54) is 0 Å². The highest BCUT2D eigenvalue weighted by Gasteiger charge is 2.29. The summed E-state index contributed by atoms with van der Waals surface area (Å²) in [4.78, 5) is 12.0. The van der Waals surface area contributed by atoms with Crippen LogP contribution in [0.2, 0.25) is 10.0 Å². The van der Waals surface area contributed by atoms with Crippen molar-refractivity contribution in [3.05, 3.63) is 69.2 Å². The minimum Gasteiger partial charge on any atom is -0.422 e. The van der Waals surface area contributed by atoms with Crippen LogP contribution < -0.4 is 0 Å². The highest BCUT2D eigenvalue weighted by molar-refractivity contribution is 6.36. The second-order valence-electron chi connectivity index (χ2n) is 5.12. The van der Waals surface area contributed by atoms with E-state index >= 15 is 0 Å². The lowest BCUT2D eigenvalue weighted by molar-refractivity contribution is 0.0716. The van der Waals surface area contributed by atoms with Crippen LogP contribution in [0.1, 0.15) is 41.3 Å². The van der Waals surface area contributed by atoms with Crippen LogP contribution in [-0.4, -0.2) is 5.97 Å². The third-order valence-corrected chi connectivity index (χ3v) is 4.16. The Hall–Kier alpha value is -1.77. The van der Waals surface area contributed by atoms with Gasteiger partial charge in [0.05, 0.1) is 5.56 Å². The Labute approximate surface area is 139 Å². The van der Waals surface area contributed by atoms with Gasteiger partial charge in [0.2, 0.25) is 0 Å². The fourth-order valence-electron chi connectivity index (χ4n) is 2.64. The SMILES string of the molecule is CCC/C(=C1\OC(=O)c2ccccc21)c1ccc(Cl)cc1Cl. The summed E-state index contributed by atoms with van der Waals surface area (Å²) in [6.07, 6.45) is 1.68. The largest absolute Gasteiger partial charge is 0.422 e. The Morgan fingerprint density at radius 2 is 1.82 bits per heavy atom. The highest BCUT2D eigenvalue weighted by Crippen LogP contribution is 2.40. The van der Waals surface area contributed by atoms with Crippen molar-refractivity contribution in [1.82, 2.24) is 0 Å². The van der Waals surface area contributed by atoms with E-state index < -0.39 is 0 Å². The number of fused-ring (bicyclic) bond motifs is 1. The number of carbonyl (C=O) groups is 1. The molecule has 0 unspecified atom stereocenters. The summed E-state index contributed by atoms with van der Waals surface area (Å²) in [5.41, 5.74) is 3.20. The minimum atomic E-state index is -0.315. The van der Waals surface area contributed by atoms with Crippen molar-refractivity contribution in [2.75, 3.05) is 0 Å². The summed E-state index contributed by atoms with van der Waals surface area (Å²) in [5, 5.41) is 1.14. The molecule has 22 heavy (non-hydrogen) atoms. The standard InChI is InChI=1S/C18H14Cl2O2/c1-2-5-13(12-9-8-11(19)10-16(12)20)17-14-6-3-4-7-15(14)18(21)22-17/h3-4,6-10H,2,5H2,1H3/b17-13+. The van der Waals surface area contributed by atoms with Crippen LogP contribution in [0.5, 0.6) is 0 Å². The molecule has 0 N–H and O–H groups in total. The second kappa shape index (κ2) is 6.15. The first kappa shape index (κ1) is 15.1. The number of halogens is 2. The number of rotatable bonds is 3. The molecule has 2 aromatic carbocycles. The lowest BCUT2D eigenvalue weighted by Gasteiger charge is -2.12. The molecule has 0 amide bonds. The molecule has 0 aromatic heterocycles. The van der Waals surface area contributed by atoms with E-state index in [9.17, 15) is 4.79 Å². The van der Waals surface area contributed by atoms with E-state index in [1.54, 1.807) is 18.2 Å². The second-order valence-corrected chi connectivity index (χ2v) is 5.96. The van der Waals surface area contributed by atoms with Gasteiger partial charge in [0.25, 0.3) is 0 Å². The van der Waals surface area contributed by atoms with Gasteiger partial charge in [-0.15, -0.1) is 0 Å². The van der Waals surface area contributed by atoms with Crippen LogP contribution in [-0.2, 0) is 4.74 Å². The highest BCUT2D eigenvalue weighted by atomic mass is 35.5. The van der Waals surface area contributed by atoms with E-state index in [0.29, 0.717) is 21.4 Å². The normalized spacial score (nSPS) is 15.5.